The lowest BCUT2D eigenvalue weighted by atomic mass is 9.86. The first-order chi connectivity index (χ1) is 10.0. The van der Waals surface area contributed by atoms with E-state index in [4.69, 9.17) is 0 Å². The van der Waals surface area contributed by atoms with E-state index in [-0.39, 0.29) is 12.5 Å². The number of hydrogen-bond acceptors (Lipinski definition) is 2. The summed E-state index contributed by atoms with van der Waals surface area (Å²) in [6.07, 6.45) is 6.24. The van der Waals surface area contributed by atoms with Gasteiger partial charge in [0.15, 0.2) is 0 Å². The van der Waals surface area contributed by atoms with Crippen LogP contribution in [0.5, 0.6) is 0 Å². The average molecular weight is 352 g/mol. The standard InChI is InChI=1S/C16H18BrNO3/c17-13-6-2-1-5-12(13)7-8-14(19)18-11-16(15(20)21)9-3-4-10-16/h1-2,5-8H,3-4,9-11H2,(H,18,19)(H,20,21)/b8-7+. The topological polar surface area (TPSA) is 66.4 Å². The monoisotopic (exact) mass is 351 g/mol. The van der Waals surface area contributed by atoms with Crippen LogP contribution in [0.25, 0.3) is 6.08 Å². The number of benzene rings is 1. The molecular formula is C16H18BrNO3. The van der Waals surface area contributed by atoms with Gasteiger partial charge in [-0.15, -0.1) is 0 Å². The normalized spacial score (nSPS) is 17.0. The lowest BCUT2D eigenvalue weighted by molar-refractivity contribution is -0.148. The van der Waals surface area contributed by atoms with Crippen molar-refractivity contribution < 1.29 is 14.7 Å². The van der Waals surface area contributed by atoms with Gasteiger partial charge in [-0.05, 0) is 30.5 Å². The van der Waals surface area contributed by atoms with Crippen LogP contribution in [-0.2, 0) is 9.59 Å². The first kappa shape index (κ1) is 15.8. The molecule has 1 amide bonds. The molecule has 0 heterocycles. The molecule has 4 nitrogen and oxygen atoms in total. The van der Waals surface area contributed by atoms with Gasteiger partial charge in [0.1, 0.15) is 0 Å². The Morgan fingerprint density at radius 3 is 2.57 bits per heavy atom. The third-order valence-corrected chi connectivity index (χ3v) is 4.66. The van der Waals surface area contributed by atoms with E-state index in [0.717, 1.165) is 22.9 Å². The largest absolute Gasteiger partial charge is 0.481 e. The lowest BCUT2D eigenvalue weighted by Crippen LogP contribution is -2.40. The fourth-order valence-electron chi connectivity index (χ4n) is 2.61. The van der Waals surface area contributed by atoms with Crippen LogP contribution in [0.15, 0.2) is 34.8 Å². The number of carboxylic acid groups (broad SMARTS) is 1. The maximum atomic E-state index is 11.8. The summed E-state index contributed by atoms with van der Waals surface area (Å²) in [5.74, 6) is -1.08. The van der Waals surface area contributed by atoms with Crippen LogP contribution in [0, 0.1) is 5.41 Å². The number of rotatable bonds is 5. The van der Waals surface area contributed by atoms with Gasteiger partial charge >= 0.3 is 5.97 Å². The molecule has 1 aromatic carbocycles. The van der Waals surface area contributed by atoms with Crippen molar-refractivity contribution in [3.8, 4) is 0 Å². The summed E-state index contributed by atoms with van der Waals surface area (Å²) in [4.78, 5) is 23.2. The minimum atomic E-state index is -0.810. The van der Waals surface area contributed by atoms with E-state index in [1.54, 1.807) is 6.08 Å². The molecule has 5 heteroatoms. The number of amides is 1. The highest BCUT2D eigenvalue weighted by Gasteiger charge is 2.41. The fraction of sp³-hybridized carbons (Fsp3) is 0.375. The molecule has 0 atom stereocenters. The Bertz CT molecular complexity index is 562. The summed E-state index contributed by atoms with van der Waals surface area (Å²) in [6, 6.07) is 7.58. The number of nitrogens with one attached hydrogen (secondary N) is 1. The molecule has 1 aliphatic carbocycles. The Labute approximate surface area is 132 Å². The summed E-state index contributed by atoms with van der Waals surface area (Å²) in [6.45, 7) is 0.196. The number of hydrogen-bond donors (Lipinski definition) is 2. The second-order valence-electron chi connectivity index (χ2n) is 5.37. The van der Waals surface area contributed by atoms with Crippen LogP contribution in [0.3, 0.4) is 0 Å². The van der Waals surface area contributed by atoms with E-state index in [9.17, 15) is 14.7 Å². The van der Waals surface area contributed by atoms with Gasteiger partial charge < -0.3 is 10.4 Å². The second-order valence-corrected chi connectivity index (χ2v) is 6.22. The van der Waals surface area contributed by atoms with Crippen molar-refractivity contribution >= 4 is 33.9 Å². The SMILES string of the molecule is O=C(/C=C/c1ccccc1Br)NCC1(C(=O)O)CCCC1. The smallest absolute Gasteiger partial charge is 0.311 e. The molecule has 1 aromatic rings. The number of halogens is 1. The molecule has 1 saturated carbocycles. The Morgan fingerprint density at radius 2 is 1.95 bits per heavy atom. The van der Waals surface area contributed by atoms with Crippen LogP contribution in [-0.4, -0.2) is 23.5 Å². The van der Waals surface area contributed by atoms with Gasteiger partial charge in [0.05, 0.1) is 5.41 Å². The van der Waals surface area contributed by atoms with Crippen LogP contribution >= 0.6 is 15.9 Å². The highest BCUT2D eigenvalue weighted by atomic mass is 79.9. The van der Waals surface area contributed by atoms with Gasteiger partial charge in [0.2, 0.25) is 5.91 Å². The number of carbonyl (C=O) groups excluding carboxylic acids is 1. The summed E-state index contributed by atoms with van der Waals surface area (Å²) in [7, 11) is 0. The Balaban J connectivity index is 1.93. The molecule has 0 saturated heterocycles. The van der Waals surface area contributed by atoms with E-state index in [1.807, 2.05) is 24.3 Å². The molecule has 112 valence electrons. The predicted molar refractivity (Wildman–Crippen MR) is 84.7 cm³/mol. The minimum Gasteiger partial charge on any atom is -0.481 e. The van der Waals surface area contributed by atoms with Crippen molar-refractivity contribution in [2.75, 3.05) is 6.54 Å². The molecule has 1 aliphatic rings. The van der Waals surface area contributed by atoms with Crippen molar-refractivity contribution in [3.05, 3.63) is 40.4 Å². The molecule has 2 rings (SSSR count). The van der Waals surface area contributed by atoms with Crippen LogP contribution < -0.4 is 5.32 Å². The molecule has 0 spiro atoms. The number of carbonyl (C=O) groups is 2. The van der Waals surface area contributed by atoms with Crippen molar-refractivity contribution in [3.63, 3.8) is 0 Å². The highest BCUT2D eigenvalue weighted by molar-refractivity contribution is 9.10. The maximum Gasteiger partial charge on any atom is 0.311 e. The van der Waals surface area contributed by atoms with Crippen molar-refractivity contribution in [2.24, 2.45) is 5.41 Å². The lowest BCUT2D eigenvalue weighted by Gasteiger charge is -2.23. The van der Waals surface area contributed by atoms with E-state index < -0.39 is 11.4 Å². The number of carboxylic acids is 1. The van der Waals surface area contributed by atoms with Gasteiger partial charge in [-0.1, -0.05) is 47.0 Å². The van der Waals surface area contributed by atoms with Gasteiger partial charge in [-0.25, -0.2) is 0 Å². The number of aliphatic carboxylic acids is 1. The van der Waals surface area contributed by atoms with Crippen LogP contribution in [0.4, 0.5) is 0 Å². The first-order valence-corrected chi connectivity index (χ1v) is 7.77. The second kappa shape index (κ2) is 6.89. The van der Waals surface area contributed by atoms with Gasteiger partial charge in [-0.2, -0.15) is 0 Å². The third-order valence-electron chi connectivity index (χ3n) is 3.93. The fourth-order valence-corrected chi connectivity index (χ4v) is 3.03. The summed E-state index contributed by atoms with van der Waals surface area (Å²) in [5.41, 5.74) is 0.123. The molecular weight excluding hydrogens is 334 g/mol. The molecule has 1 fully saturated rings. The van der Waals surface area contributed by atoms with E-state index in [2.05, 4.69) is 21.2 Å². The third kappa shape index (κ3) is 3.94. The Morgan fingerprint density at radius 1 is 1.29 bits per heavy atom. The quantitative estimate of drug-likeness (QED) is 0.800. The van der Waals surface area contributed by atoms with Crippen LogP contribution in [0.2, 0.25) is 0 Å². The molecule has 0 aliphatic heterocycles. The molecule has 0 radical (unpaired) electrons. The first-order valence-electron chi connectivity index (χ1n) is 6.97. The maximum absolute atomic E-state index is 11.8. The molecule has 2 N–H and O–H groups in total. The molecule has 21 heavy (non-hydrogen) atoms. The predicted octanol–water partition coefficient (Wildman–Crippen LogP) is 3.22. The Kier molecular flexibility index (Phi) is 5.17. The van der Waals surface area contributed by atoms with Crippen LogP contribution in [0.1, 0.15) is 31.2 Å². The zero-order valence-electron chi connectivity index (χ0n) is 11.6. The molecule has 0 aromatic heterocycles. The average Bonchev–Trinajstić information content (AvgIpc) is 2.94. The molecule has 0 bridgehead atoms. The van der Waals surface area contributed by atoms with Crippen molar-refractivity contribution in [2.45, 2.75) is 25.7 Å². The van der Waals surface area contributed by atoms with E-state index in [0.29, 0.717) is 12.8 Å². The van der Waals surface area contributed by atoms with Gasteiger partial charge in [0, 0.05) is 17.1 Å². The van der Waals surface area contributed by atoms with Crippen molar-refractivity contribution in [1.29, 1.82) is 0 Å². The van der Waals surface area contributed by atoms with Gasteiger partial charge in [-0.3, -0.25) is 9.59 Å². The Hall–Kier alpha value is -1.62. The zero-order chi connectivity index (χ0) is 15.3. The highest BCUT2D eigenvalue weighted by Crippen LogP contribution is 2.37. The van der Waals surface area contributed by atoms with E-state index >= 15 is 0 Å². The minimum absolute atomic E-state index is 0.196. The summed E-state index contributed by atoms with van der Waals surface area (Å²) >= 11 is 3.41. The summed E-state index contributed by atoms with van der Waals surface area (Å²) in [5, 5.41) is 12.1. The van der Waals surface area contributed by atoms with E-state index in [1.165, 1.54) is 6.08 Å². The molecule has 0 unspecified atom stereocenters. The summed E-state index contributed by atoms with van der Waals surface area (Å²) < 4.78 is 0.909. The van der Waals surface area contributed by atoms with Gasteiger partial charge in [0.25, 0.3) is 0 Å². The van der Waals surface area contributed by atoms with Crippen molar-refractivity contribution in [1.82, 2.24) is 5.32 Å². The zero-order valence-corrected chi connectivity index (χ0v) is 13.2.